The number of hydrogen-bond acceptors (Lipinski definition) is 6. The van der Waals surface area contributed by atoms with Crippen LogP contribution in [0.25, 0.3) is 0 Å². The number of benzene rings is 1. The number of allylic oxidation sites excluding steroid dienone is 2. The van der Waals surface area contributed by atoms with Gasteiger partial charge in [-0.25, -0.2) is 0 Å². The molecule has 3 atom stereocenters. The molecule has 0 aromatic heterocycles. The van der Waals surface area contributed by atoms with Crippen LogP contribution in [0.4, 0.5) is 0 Å². The molecular weight excluding hydrogens is 382 g/mol. The molecule has 1 aromatic rings. The Morgan fingerprint density at radius 2 is 2.13 bits per heavy atom. The van der Waals surface area contributed by atoms with Gasteiger partial charge >= 0.3 is 5.97 Å². The fraction of sp³-hybridized carbons (Fsp3) is 0.542. The molecule has 2 heterocycles. The Morgan fingerprint density at radius 3 is 2.90 bits per heavy atom. The molecule has 1 aromatic carbocycles. The smallest absolute Gasteiger partial charge is 0.315 e. The molecule has 0 spiro atoms. The number of ketones is 1. The van der Waals surface area contributed by atoms with Gasteiger partial charge in [0.05, 0.1) is 12.7 Å². The van der Waals surface area contributed by atoms with Crippen LogP contribution in [-0.4, -0.2) is 43.4 Å². The van der Waals surface area contributed by atoms with E-state index in [1.807, 2.05) is 38.1 Å². The normalized spacial score (nSPS) is 26.3. The minimum absolute atomic E-state index is 0.0411. The van der Waals surface area contributed by atoms with Crippen molar-refractivity contribution >= 4 is 17.5 Å². The molecule has 1 fully saturated rings. The average Bonchev–Trinajstić information content (AvgIpc) is 3.25. The summed E-state index contributed by atoms with van der Waals surface area (Å²) in [4.78, 5) is 30.8. The third-order valence-electron chi connectivity index (χ3n) is 6.05. The van der Waals surface area contributed by atoms with Crippen molar-refractivity contribution in [3.63, 3.8) is 0 Å². The molecule has 0 N–H and O–H groups in total. The van der Waals surface area contributed by atoms with Crippen molar-refractivity contribution in [1.29, 1.82) is 0 Å². The zero-order valence-corrected chi connectivity index (χ0v) is 17.7. The summed E-state index contributed by atoms with van der Waals surface area (Å²) in [6, 6.07) is 7.68. The molecule has 0 bridgehead atoms. The van der Waals surface area contributed by atoms with Crippen molar-refractivity contribution in [3.8, 4) is 5.75 Å². The lowest BCUT2D eigenvalue weighted by molar-refractivity contribution is -0.149. The first kappa shape index (κ1) is 20.8. The number of hydrogen-bond donors (Lipinski definition) is 0. The minimum Gasteiger partial charge on any atom is -0.494 e. The van der Waals surface area contributed by atoms with Gasteiger partial charge in [-0.15, -0.1) is 0 Å². The second-order valence-corrected chi connectivity index (χ2v) is 8.12. The molecule has 0 saturated carbocycles. The average molecular weight is 411 g/mol. The predicted molar refractivity (Wildman–Crippen MR) is 113 cm³/mol. The standard InChI is InChI=1S/C24H29NO5/c1-3-28-17-8-4-7-16(13-17)22-21(24(27)30-14-18-9-6-12-29-18)15(2)25-19-10-5-11-20(26)23(19)22/h4,7-8,13,18,21-22H,3,5-6,9-12,14H2,1-2H3/t18-,21+,22+/m0/s1. The summed E-state index contributed by atoms with van der Waals surface area (Å²) in [5, 5.41) is 0. The van der Waals surface area contributed by atoms with Crippen molar-refractivity contribution in [2.45, 2.75) is 58.0 Å². The number of rotatable bonds is 6. The summed E-state index contributed by atoms with van der Waals surface area (Å²) in [5.74, 6) is -0.557. The van der Waals surface area contributed by atoms with Crippen LogP contribution in [0.2, 0.25) is 0 Å². The molecule has 1 aliphatic carbocycles. The summed E-state index contributed by atoms with van der Waals surface area (Å²) in [5.41, 5.74) is 3.07. The first-order valence-electron chi connectivity index (χ1n) is 10.9. The number of esters is 1. The molecule has 1 saturated heterocycles. The van der Waals surface area contributed by atoms with E-state index in [2.05, 4.69) is 4.99 Å². The fourth-order valence-electron chi connectivity index (χ4n) is 4.68. The summed E-state index contributed by atoms with van der Waals surface area (Å²) in [7, 11) is 0. The molecule has 30 heavy (non-hydrogen) atoms. The van der Waals surface area contributed by atoms with E-state index in [9.17, 15) is 9.59 Å². The Kier molecular flexibility index (Phi) is 6.32. The van der Waals surface area contributed by atoms with Gasteiger partial charge in [0, 0.05) is 35.9 Å². The van der Waals surface area contributed by atoms with E-state index in [-0.39, 0.29) is 24.5 Å². The van der Waals surface area contributed by atoms with Gasteiger partial charge in [-0.05, 0) is 57.2 Å². The van der Waals surface area contributed by atoms with E-state index < -0.39 is 11.8 Å². The van der Waals surface area contributed by atoms with Crippen LogP contribution in [0, 0.1) is 5.92 Å². The summed E-state index contributed by atoms with van der Waals surface area (Å²) in [6.45, 7) is 5.30. The highest BCUT2D eigenvalue weighted by molar-refractivity contribution is 6.08. The molecule has 3 aliphatic rings. The van der Waals surface area contributed by atoms with E-state index in [1.54, 1.807) is 0 Å². The third-order valence-corrected chi connectivity index (χ3v) is 6.05. The third kappa shape index (κ3) is 4.19. The van der Waals surface area contributed by atoms with Gasteiger partial charge in [0.1, 0.15) is 18.3 Å². The van der Waals surface area contributed by atoms with Crippen molar-refractivity contribution < 1.29 is 23.8 Å². The highest BCUT2D eigenvalue weighted by Gasteiger charge is 2.43. The Hall–Kier alpha value is -2.47. The zero-order chi connectivity index (χ0) is 21.1. The SMILES string of the molecule is CCOc1cccc([C@H]2C3=C(CCCC3=O)N=C(C)[C@H]2C(=O)OC[C@@H]2CCCO2)c1. The monoisotopic (exact) mass is 411 g/mol. The van der Waals surface area contributed by atoms with Crippen molar-refractivity contribution in [3.05, 3.63) is 41.1 Å². The van der Waals surface area contributed by atoms with Crippen LogP contribution in [0.3, 0.4) is 0 Å². The number of nitrogens with zero attached hydrogens (tertiary/aromatic N) is 1. The predicted octanol–water partition coefficient (Wildman–Crippen LogP) is 3.99. The maximum absolute atomic E-state index is 13.2. The maximum atomic E-state index is 13.2. The molecular formula is C24H29NO5. The van der Waals surface area contributed by atoms with Gasteiger partial charge in [-0.2, -0.15) is 0 Å². The molecule has 2 aliphatic heterocycles. The van der Waals surface area contributed by atoms with Crippen LogP contribution in [0.15, 0.2) is 40.5 Å². The van der Waals surface area contributed by atoms with E-state index >= 15 is 0 Å². The second-order valence-electron chi connectivity index (χ2n) is 8.12. The summed E-state index contributed by atoms with van der Waals surface area (Å²) >= 11 is 0. The molecule has 4 rings (SSSR count). The lowest BCUT2D eigenvalue weighted by atomic mass is 9.71. The number of Topliss-reactive ketones (excluding diaryl/α,β-unsaturated/α-hetero) is 1. The topological polar surface area (TPSA) is 74.2 Å². The quantitative estimate of drug-likeness (QED) is 0.662. The van der Waals surface area contributed by atoms with Crippen LogP contribution in [0.5, 0.6) is 5.75 Å². The van der Waals surface area contributed by atoms with Gasteiger partial charge in [0.2, 0.25) is 0 Å². The highest BCUT2D eigenvalue weighted by Crippen LogP contribution is 2.44. The fourth-order valence-corrected chi connectivity index (χ4v) is 4.68. The van der Waals surface area contributed by atoms with E-state index in [0.29, 0.717) is 30.9 Å². The molecule has 0 amide bonds. The van der Waals surface area contributed by atoms with Crippen LogP contribution >= 0.6 is 0 Å². The molecule has 0 radical (unpaired) electrons. The van der Waals surface area contributed by atoms with Gasteiger partial charge in [0.25, 0.3) is 0 Å². The Labute approximate surface area is 177 Å². The first-order valence-corrected chi connectivity index (χ1v) is 10.9. The van der Waals surface area contributed by atoms with Crippen LogP contribution in [0.1, 0.15) is 57.4 Å². The first-order chi connectivity index (χ1) is 14.6. The van der Waals surface area contributed by atoms with E-state index in [0.717, 1.165) is 42.7 Å². The van der Waals surface area contributed by atoms with Gasteiger partial charge in [0.15, 0.2) is 5.78 Å². The molecule has 6 nitrogen and oxygen atoms in total. The second kappa shape index (κ2) is 9.13. The lowest BCUT2D eigenvalue weighted by Gasteiger charge is -2.34. The van der Waals surface area contributed by atoms with E-state index in [1.165, 1.54) is 0 Å². The van der Waals surface area contributed by atoms with Crippen molar-refractivity contribution in [2.24, 2.45) is 10.9 Å². The molecule has 0 unspecified atom stereocenters. The minimum atomic E-state index is -0.621. The highest BCUT2D eigenvalue weighted by atomic mass is 16.6. The van der Waals surface area contributed by atoms with Crippen LogP contribution < -0.4 is 4.74 Å². The van der Waals surface area contributed by atoms with Gasteiger partial charge in [-0.1, -0.05) is 12.1 Å². The van der Waals surface area contributed by atoms with Crippen molar-refractivity contribution in [2.75, 3.05) is 19.8 Å². The number of aliphatic imine (C=N–C) groups is 1. The number of carbonyl (C=O) groups is 2. The Balaban J connectivity index is 1.68. The summed E-state index contributed by atoms with van der Waals surface area (Å²) < 4.78 is 16.9. The number of carbonyl (C=O) groups excluding carboxylic acids is 2. The Morgan fingerprint density at radius 1 is 1.27 bits per heavy atom. The van der Waals surface area contributed by atoms with E-state index in [4.69, 9.17) is 14.2 Å². The lowest BCUT2D eigenvalue weighted by Crippen LogP contribution is -2.38. The maximum Gasteiger partial charge on any atom is 0.315 e. The molecule has 160 valence electrons. The molecule has 6 heteroatoms. The van der Waals surface area contributed by atoms with Crippen LogP contribution in [-0.2, 0) is 19.1 Å². The Bertz CT molecular complexity index is 881. The number of ether oxygens (including phenoxy) is 3. The van der Waals surface area contributed by atoms with Crippen molar-refractivity contribution in [1.82, 2.24) is 0 Å². The largest absolute Gasteiger partial charge is 0.494 e. The van der Waals surface area contributed by atoms with Gasteiger partial charge < -0.3 is 14.2 Å². The van der Waals surface area contributed by atoms with Gasteiger partial charge in [-0.3, -0.25) is 14.6 Å². The zero-order valence-electron chi connectivity index (χ0n) is 17.7. The summed E-state index contributed by atoms with van der Waals surface area (Å²) in [6.07, 6.45) is 3.90.